The highest BCUT2D eigenvalue weighted by Gasteiger charge is 2.20. The molecular weight excluding hydrogens is 337 g/mol. The van der Waals surface area contributed by atoms with Gasteiger partial charge in [0.2, 0.25) is 0 Å². The summed E-state index contributed by atoms with van der Waals surface area (Å²) in [5, 5.41) is 0. The van der Waals surface area contributed by atoms with E-state index in [1.54, 1.807) is 30.9 Å². The molecule has 0 fully saturated rings. The van der Waals surface area contributed by atoms with Gasteiger partial charge in [-0.05, 0) is 59.0 Å². The Bertz CT molecular complexity index is 1010. The number of benzene rings is 1. The topological polar surface area (TPSA) is 38.7 Å². The molecule has 0 aliphatic heterocycles. The third kappa shape index (κ3) is 3.90. The van der Waals surface area contributed by atoms with Gasteiger partial charge in [-0.3, -0.25) is 15.0 Å². The number of aromatic nitrogens is 3. The molecule has 0 radical (unpaired) electrons. The maximum absolute atomic E-state index is 14.1. The first-order valence-electron chi connectivity index (χ1n) is 8.80. The number of nitrogens with zero attached hydrogens (tertiary/aromatic N) is 3. The van der Waals surface area contributed by atoms with Crippen LogP contribution < -0.4 is 0 Å². The van der Waals surface area contributed by atoms with Crippen molar-refractivity contribution in [3.63, 3.8) is 0 Å². The van der Waals surface area contributed by atoms with Crippen LogP contribution in [0.1, 0.15) is 22.6 Å². The zero-order valence-electron chi connectivity index (χ0n) is 14.7. The molecule has 1 unspecified atom stereocenters. The SMILES string of the molecule is Fc1ccc(C(Cc2cccnc2)c2cccnc2)c(-c2cccnc2)c1. The summed E-state index contributed by atoms with van der Waals surface area (Å²) in [6.45, 7) is 0. The first-order chi connectivity index (χ1) is 13.3. The van der Waals surface area contributed by atoms with Crippen LogP contribution >= 0.6 is 0 Å². The molecule has 1 atom stereocenters. The zero-order valence-corrected chi connectivity index (χ0v) is 14.7. The number of hydrogen-bond donors (Lipinski definition) is 0. The van der Waals surface area contributed by atoms with Crippen LogP contribution in [0, 0.1) is 5.82 Å². The predicted molar refractivity (Wildman–Crippen MR) is 104 cm³/mol. The van der Waals surface area contributed by atoms with E-state index >= 15 is 0 Å². The lowest BCUT2D eigenvalue weighted by molar-refractivity contribution is 0.626. The Balaban J connectivity index is 1.85. The summed E-state index contributed by atoms with van der Waals surface area (Å²) < 4.78 is 14.1. The van der Waals surface area contributed by atoms with Crippen molar-refractivity contribution in [3.05, 3.63) is 114 Å². The van der Waals surface area contributed by atoms with E-state index in [0.29, 0.717) is 0 Å². The fourth-order valence-corrected chi connectivity index (χ4v) is 3.35. The second kappa shape index (κ2) is 7.87. The van der Waals surface area contributed by atoms with Gasteiger partial charge in [0.15, 0.2) is 0 Å². The van der Waals surface area contributed by atoms with E-state index in [9.17, 15) is 4.39 Å². The van der Waals surface area contributed by atoms with Crippen molar-refractivity contribution in [1.29, 1.82) is 0 Å². The molecule has 4 heteroatoms. The maximum atomic E-state index is 14.1. The van der Waals surface area contributed by atoms with E-state index < -0.39 is 0 Å². The maximum Gasteiger partial charge on any atom is 0.123 e. The average molecular weight is 355 g/mol. The third-order valence-electron chi connectivity index (χ3n) is 4.61. The number of hydrogen-bond acceptors (Lipinski definition) is 3. The molecule has 0 bridgehead atoms. The summed E-state index contributed by atoms with van der Waals surface area (Å²) in [7, 11) is 0. The van der Waals surface area contributed by atoms with Crippen molar-refractivity contribution in [2.75, 3.05) is 0 Å². The summed E-state index contributed by atoms with van der Waals surface area (Å²) in [5.41, 5.74) is 4.99. The summed E-state index contributed by atoms with van der Waals surface area (Å²) in [5.74, 6) is -0.234. The lowest BCUT2D eigenvalue weighted by Gasteiger charge is -2.21. The van der Waals surface area contributed by atoms with Crippen molar-refractivity contribution in [2.45, 2.75) is 12.3 Å². The summed E-state index contributed by atoms with van der Waals surface area (Å²) in [6, 6.07) is 16.8. The second-order valence-electron chi connectivity index (χ2n) is 6.38. The highest BCUT2D eigenvalue weighted by atomic mass is 19.1. The molecule has 4 rings (SSSR count). The molecule has 0 saturated carbocycles. The van der Waals surface area contributed by atoms with E-state index in [2.05, 4.69) is 27.1 Å². The summed E-state index contributed by atoms with van der Waals surface area (Å²) in [6.07, 6.45) is 11.5. The van der Waals surface area contributed by atoms with Crippen LogP contribution in [0.2, 0.25) is 0 Å². The molecule has 0 saturated heterocycles. The van der Waals surface area contributed by atoms with Crippen LogP contribution in [0.4, 0.5) is 4.39 Å². The molecule has 0 spiro atoms. The molecule has 0 aliphatic rings. The standard InChI is InChI=1S/C23H18FN3/c24-20-7-8-21(23(13-20)19-6-3-11-27-16-19)22(18-5-2-10-26-15-18)12-17-4-1-9-25-14-17/h1-11,13-16,22H,12H2. The van der Waals surface area contributed by atoms with Crippen LogP contribution in [0.3, 0.4) is 0 Å². The van der Waals surface area contributed by atoms with Gasteiger partial charge < -0.3 is 0 Å². The average Bonchev–Trinajstić information content (AvgIpc) is 2.74. The first-order valence-corrected chi connectivity index (χ1v) is 8.80. The summed E-state index contributed by atoms with van der Waals surface area (Å²) in [4.78, 5) is 12.7. The molecule has 132 valence electrons. The molecule has 3 aromatic heterocycles. The minimum Gasteiger partial charge on any atom is -0.264 e. The van der Waals surface area contributed by atoms with E-state index in [-0.39, 0.29) is 11.7 Å². The molecule has 1 aromatic carbocycles. The molecule has 3 nitrogen and oxygen atoms in total. The van der Waals surface area contributed by atoms with E-state index in [1.165, 1.54) is 6.07 Å². The minimum atomic E-state index is -0.260. The van der Waals surface area contributed by atoms with Crippen molar-refractivity contribution in [2.24, 2.45) is 0 Å². The fraction of sp³-hybridized carbons (Fsp3) is 0.0870. The van der Waals surface area contributed by atoms with E-state index in [1.807, 2.05) is 42.7 Å². The Labute approximate surface area is 157 Å². The van der Waals surface area contributed by atoms with Crippen molar-refractivity contribution < 1.29 is 4.39 Å². The fourth-order valence-electron chi connectivity index (χ4n) is 3.35. The first kappa shape index (κ1) is 17.0. The third-order valence-corrected chi connectivity index (χ3v) is 4.61. The van der Waals surface area contributed by atoms with Crippen LogP contribution in [0.5, 0.6) is 0 Å². The smallest absolute Gasteiger partial charge is 0.123 e. The van der Waals surface area contributed by atoms with Crippen LogP contribution in [0.25, 0.3) is 11.1 Å². The number of rotatable bonds is 5. The van der Waals surface area contributed by atoms with Gasteiger partial charge in [0.25, 0.3) is 0 Å². The Morgan fingerprint density at radius 1 is 0.778 bits per heavy atom. The highest BCUT2D eigenvalue weighted by Crippen LogP contribution is 2.35. The largest absolute Gasteiger partial charge is 0.264 e. The van der Waals surface area contributed by atoms with Gasteiger partial charge >= 0.3 is 0 Å². The Morgan fingerprint density at radius 3 is 2.19 bits per heavy atom. The minimum absolute atomic E-state index is 0.0266. The highest BCUT2D eigenvalue weighted by molar-refractivity contribution is 5.68. The summed E-state index contributed by atoms with van der Waals surface area (Å²) >= 11 is 0. The zero-order chi connectivity index (χ0) is 18.5. The molecule has 0 amide bonds. The lowest BCUT2D eigenvalue weighted by atomic mass is 9.83. The second-order valence-corrected chi connectivity index (χ2v) is 6.38. The Morgan fingerprint density at radius 2 is 1.52 bits per heavy atom. The van der Waals surface area contributed by atoms with Crippen LogP contribution in [-0.2, 0) is 6.42 Å². The monoisotopic (exact) mass is 355 g/mol. The van der Waals surface area contributed by atoms with E-state index in [4.69, 9.17) is 0 Å². The normalized spacial score (nSPS) is 11.9. The van der Waals surface area contributed by atoms with Crippen molar-refractivity contribution >= 4 is 0 Å². The lowest BCUT2D eigenvalue weighted by Crippen LogP contribution is -2.08. The predicted octanol–water partition coefficient (Wildman–Crippen LogP) is 5.05. The number of pyridine rings is 3. The van der Waals surface area contributed by atoms with Gasteiger partial charge in [-0.1, -0.05) is 24.3 Å². The quantitative estimate of drug-likeness (QED) is 0.503. The van der Waals surface area contributed by atoms with Crippen LogP contribution in [0.15, 0.2) is 91.8 Å². The van der Waals surface area contributed by atoms with Crippen molar-refractivity contribution in [3.8, 4) is 11.1 Å². The molecule has 4 aromatic rings. The molecular formula is C23H18FN3. The molecule has 3 heterocycles. The number of halogens is 1. The molecule has 0 aliphatic carbocycles. The van der Waals surface area contributed by atoms with Gasteiger partial charge in [-0.25, -0.2) is 4.39 Å². The van der Waals surface area contributed by atoms with Crippen LogP contribution in [-0.4, -0.2) is 15.0 Å². The van der Waals surface area contributed by atoms with Gasteiger partial charge in [-0.15, -0.1) is 0 Å². The van der Waals surface area contributed by atoms with Crippen molar-refractivity contribution in [1.82, 2.24) is 15.0 Å². The molecule has 27 heavy (non-hydrogen) atoms. The van der Waals surface area contributed by atoms with Gasteiger partial charge in [0.05, 0.1) is 0 Å². The molecule has 0 N–H and O–H groups in total. The van der Waals surface area contributed by atoms with Gasteiger partial charge in [-0.2, -0.15) is 0 Å². The van der Waals surface area contributed by atoms with Gasteiger partial charge in [0.1, 0.15) is 5.82 Å². The Kier molecular flexibility index (Phi) is 4.97. The van der Waals surface area contributed by atoms with Gasteiger partial charge in [0, 0.05) is 48.7 Å². The Hall–Kier alpha value is -3.40. The van der Waals surface area contributed by atoms with E-state index in [0.717, 1.165) is 34.2 Å².